The molecule has 0 aliphatic carbocycles. The number of rotatable bonds is 4. The van der Waals surface area contributed by atoms with E-state index in [0.29, 0.717) is 46.8 Å². The monoisotopic (exact) mass is 472 g/mol. The Bertz CT molecular complexity index is 1330. The van der Waals surface area contributed by atoms with Gasteiger partial charge in [0.1, 0.15) is 17.4 Å². The van der Waals surface area contributed by atoms with Crippen molar-refractivity contribution in [3.05, 3.63) is 71.7 Å². The number of benzene rings is 2. The van der Waals surface area contributed by atoms with Gasteiger partial charge in [-0.25, -0.2) is 9.37 Å². The van der Waals surface area contributed by atoms with Crippen molar-refractivity contribution in [3.63, 3.8) is 0 Å². The number of aromatic nitrogens is 1. The molecular formula is C27H25FN4O3. The Labute approximate surface area is 202 Å². The number of halogens is 1. The van der Waals surface area contributed by atoms with Crippen LogP contribution in [0.15, 0.2) is 54.7 Å². The molecule has 3 aromatic rings. The van der Waals surface area contributed by atoms with Crippen molar-refractivity contribution in [2.45, 2.75) is 6.92 Å². The lowest BCUT2D eigenvalue weighted by Crippen LogP contribution is -2.48. The molecule has 1 saturated heterocycles. The highest BCUT2D eigenvalue weighted by Gasteiger charge is 2.26. The molecule has 0 unspecified atom stereocenters. The molecule has 2 aromatic carbocycles. The average molecular weight is 473 g/mol. The Morgan fingerprint density at radius 2 is 1.91 bits per heavy atom. The fraction of sp³-hybridized carbons (Fsp3) is 0.222. The highest BCUT2D eigenvalue weighted by molar-refractivity contribution is 6.35. The van der Waals surface area contributed by atoms with Gasteiger partial charge >= 0.3 is 0 Å². The van der Waals surface area contributed by atoms with E-state index in [2.05, 4.69) is 15.2 Å². The Morgan fingerprint density at radius 1 is 1.11 bits per heavy atom. The van der Waals surface area contributed by atoms with Crippen molar-refractivity contribution in [2.24, 2.45) is 0 Å². The van der Waals surface area contributed by atoms with Gasteiger partial charge in [-0.05, 0) is 53.6 Å². The summed E-state index contributed by atoms with van der Waals surface area (Å²) in [5.74, 6) is 0.738. The number of hydrogen-bond acceptors (Lipinski definition) is 5. The molecular weight excluding hydrogens is 447 g/mol. The van der Waals surface area contributed by atoms with E-state index in [0.717, 1.165) is 24.5 Å². The fourth-order valence-electron chi connectivity index (χ4n) is 4.53. The Balaban J connectivity index is 1.42. The molecule has 7 nitrogen and oxygen atoms in total. The summed E-state index contributed by atoms with van der Waals surface area (Å²) in [6.45, 7) is 4.39. The van der Waals surface area contributed by atoms with Crippen LogP contribution in [0.3, 0.4) is 0 Å². The third-order valence-corrected chi connectivity index (χ3v) is 6.42. The zero-order valence-electron chi connectivity index (χ0n) is 19.5. The van der Waals surface area contributed by atoms with E-state index in [1.54, 1.807) is 49.5 Å². The summed E-state index contributed by atoms with van der Waals surface area (Å²) in [5.41, 5.74) is 3.62. The molecule has 1 N–H and O–H groups in total. The van der Waals surface area contributed by atoms with E-state index >= 15 is 0 Å². The molecule has 2 amide bonds. The number of fused-ring (bicyclic) bond motifs is 1. The predicted molar refractivity (Wildman–Crippen MR) is 134 cm³/mol. The maximum Gasteiger partial charge on any atom is 0.256 e. The molecule has 0 spiro atoms. The van der Waals surface area contributed by atoms with Gasteiger partial charge in [0.2, 0.25) is 5.91 Å². The van der Waals surface area contributed by atoms with E-state index in [-0.39, 0.29) is 11.8 Å². The van der Waals surface area contributed by atoms with Gasteiger partial charge in [-0.2, -0.15) is 0 Å². The number of amides is 2. The molecule has 178 valence electrons. The normalized spacial score (nSPS) is 16.3. The largest absolute Gasteiger partial charge is 0.496 e. The van der Waals surface area contributed by atoms with Gasteiger partial charge in [0.05, 0.1) is 12.7 Å². The van der Waals surface area contributed by atoms with Crippen molar-refractivity contribution in [1.29, 1.82) is 0 Å². The smallest absolute Gasteiger partial charge is 0.256 e. The standard InChI is InChI=1S/C27H25FN4O3/c1-17(33)31-10-12-32(13-11-31)25-9-6-18(16-29-25)14-21-20-15-19(7-8-23(20)30-27(21)34)26-22(28)4-3-5-24(26)35-2/h3-9,14-16H,10-13H2,1-2H3,(H,30,34). The van der Waals surface area contributed by atoms with Gasteiger partial charge in [0.25, 0.3) is 5.91 Å². The van der Waals surface area contributed by atoms with Crippen LogP contribution >= 0.6 is 0 Å². The van der Waals surface area contributed by atoms with Gasteiger partial charge < -0.3 is 19.9 Å². The number of methoxy groups -OCH3 is 1. The second-order valence-corrected chi connectivity index (χ2v) is 8.53. The summed E-state index contributed by atoms with van der Waals surface area (Å²) in [6, 6.07) is 13.9. The third-order valence-electron chi connectivity index (χ3n) is 6.42. The summed E-state index contributed by atoms with van der Waals surface area (Å²) in [6.07, 6.45) is 3.52. The third kappa shape index (κ3) is 4.35. The molecule has 0 saturated carbocycles. The molecule has 1 fully saturated rings. The van der Waals surface area contributed by atoms with Gasteiger partial charge in [-0.3, -0.25) is 9.59 Å². The second kappa shape index (κ2) is 9.21. The first-order valence-electron chi connectivity index (χ1n) is 11.4. The molecule has 3 heterocycles. The van der Waals surface area contributed by atoms with Crippen LogP contribution in [0.5, 0.6) is 5.75 Å². The van der Waals surface area contributed by atoms with Crippen LogP contribution in [0, 0.1) is 5.82 Å². The highest BCUT2D eigenvalue weighted by atomic mass is 19.1. The number of piperazine rings is 1. The van der Waals surface area contributed by atoms with Crippen LogP contribution in [-0.4, -0.2) is 55.0 Å². The van der Waals surface area contributed by atoms with E-state index in [1.165, 1.54) is 13.2 Å². The number of nitrogens with zero attached hydrogens (tertiary/aromatic N) is 3. The van der Waals surface area contributed by atoms with Crippen LogP contribution in [0.4, 0.5) is 15.9 Å². The van der Waals surface area contributed by atoms with Gasteiger partial charge in [-0.1, -0.05) is 12.1 Å². The minimum Gasteiger partial charge on any atom is -0.496 e. The van der Waals surface area contributed by atoms with Crippen LogP contribution in [0.2, 0.25) is 0 Å². The van der Waals surface area contributed by atoms with Crippen LogP contribution in [-0.2, 0) is 9.59 Å². The number of carbonyl (C=O) groups excluding carboxylic acids is 2. The maximum atomic E-state index is 14.6. The van der Waals surface area contributed by atoms with Crippen molar-refractivity contribution in [2.75, 3.05) is 43.5 Å². The summed E-state index contributed by atoms with van der Waals surface area (Å²) in [7, 11) is 1.50. The Morgan fingerprint density at radius 3 is 2.60 bits per heavy atom. The minimum absolute atomic E-state index is 0.0892. The zero-order valence-corrected chi connectivity index (χ0v) is 19.5. The van der Waals surface area contributed by atoms with Crippen molar-refractivity contribution >= 4 is 35.0 Å². The number of anilines is 2. The number of nitrogens with one attached hydrogen (secondary N) is 1. The SMILES string of the molecule is COc1cccc(F)c1-c1ccc2c(c1)C(=Cc1ccc(N3CCN(C(C)=O)CC3)nc1)C(=O)N2. The predicted octanol–water partition coefficient (Wildman–Crippen LogP) is 4.06. The molecule has 8 heteroatoms. The van der Waals surface area contributed by atoms with Crippen molar-refractivity contribution < 1.29 is 18.7 Å². The number of ether oxygens (including phenoxy) is 1. The van der Waals surface area contributed by atoms with Crippen LogP contribution < -0.4 is 15.0 Å². The lowest BCUT2D eigenvalue weighted by atomic mass is 9.97. The zero-order chi connectivity index (χ0) is 24.5. The number of hydrogen-bond donors (Lipinski definition) is 1. The fourth-order valence-corrected chi connectivity index (χ4v) is 4.53. The molecule has 2 aliphatic heterocycles. The summed E-state index contributed by atoms with van der Waals surface area (Å²) < 4.78 is 20.0. The quantitative estimate of drug-likeness (QED) is 0.580. The topological polar surface area (TPSA) is 74.8 Å². The summed E-state index contributed by atoms with van der Waals surface area (Å²) >= 11 is 0. The Hall–Kier alpha value is -4.20. The molecule has 5 rings (SSSR count). The molecule has 0 radical (unpaired) electrons. The van der Waals surface area contributed by atoms with Crippen LogP contribution in [0.1, 0.15) is 18.1 Å². The molecule has 0 bridgehead atoms. The second-order valence-electron chi connectivity index (χ2n) is 8.53. The molecule has 1 aromatic heterocycles. The molecule has 0 atom stereocenters. The molecule has 35 heavy (non-hydrogen) atoms. The van der Waals surface area contributed by atoms with Crippen molar-refractivity contribution in [3.8, 4) is 16.9 Å². The van der Waals surface area contributed by atoms with Crippen LogP contribution in [0.25, 0.3) is 22.8 Å². The van der Waals surface area contributed by atoms with Gasteiger partial charge in [0.15, 0.2) is 0 Å². The first kappa shape index (κ1) is 22.6. The summed E-state index contributed by atoms with van der Waals surface area (Å²) in [4.78, 5) is 32.8. The van der Waals surface area contributed by atoms with Gasteiger partial charge in [-0.15, -0.1) is 0 Å². The van der Waals surface area contributed by atoms with E-state index in [9.17, 15) is 14.0 Å². The van der Waals surface area contributed by atoms with E-state index in [4.69, 9.17) is 4.74 Å². The number of pyridine rings is 1. The van der Waals surface area contributed by atoms with Gasteiger partial charge in [0, 0.05) is 56.1 Å². The van der Waals surface area contributed by atoms with Crippen molar-refractivity contribution in [1.82, 2.24) is 9.88 Å². The first-order valence-corrected chi connectivity index (χ1v) is 11.4. The van der Waals surface area contributed by atoms with E-state index in [1.807, 2.05) is 17.0 Å². The lowest BCUT2D eigenvalue weighted by molar-refractivity contribution is -0.129. The minimum atomic E-state index is -0.393. The first-order chi connectivity index (χ1) is 16.9. The Kier molecular flexibility index (Phi) is 5.94. The summed E-state index contributed by atoms with van der Waals surface area (Å²) in [5, 5.41) is 2.87. The lowest BCUT2D eigenvalue weighted by Gasteiger charge is -2.34. The molecule has 2 aliphatic rings. The highest BCUT2D eigenvalue weighted by Crippen LogP contribution is 2.39. The average Bonchev–Trinajstić information content (AvgIpc) is 3.18. The van der Waals surface area contributed by atoms with E-state index < -0.39 is 5.82 Å². The maximum absolute atomic E-state index is 14.6. The number of carbonyl (C=O) groups is 2.